The number of fused-ring (bicyclic) bond motifs is 1. The number of carbonyl (C=O) groups is 2. The molecular weight excluding hydrogens is 548 g/mol. The predicted octanol–water partition coefficient (Wildman–Crippen LogP) is 6.02. The third kappa shape index (κ3) is 6.61. The summed E-state index contributed by atoms with van der Waals surface area (Å²) < 4.78 is 13.4. The van der Waals surface area contributed by atoms with Crippen LogP contribution in [0.3, 0.4) is 0 Å². The van der Waals surface area contributed by atoms with Gasteiger partial charge in [0.25, 0.3) is 5.91 Å². The molecule has 1 aliphatic rings. The number of amides is 2. The largest absolute Gasteiger partial charge is 0.385 e. The first kappa shape index (κ1) is 28.9. The normalized spacial score (nSPS) is 11.7. The van der Waals surface area contributed by atoms with Crippen molar-refractivity contribution >= 4 is 70.2 Å². The Morgan fingerprint density at radius 3 is 2.47 bits per heavy atom. The molecule has 2 heterocycles. The molecule has 0 saturated heterocycles. The highest BCUT2D eigenvalue weighted by molar-refractivity contribution is 7.13. The second-order valence-corrected chi connectivity index (χ2v) is 9.36. The van der Waals surface area contributed by atoms with Crippen molar-refractivity contribution in [3.8, 4) is 11.3 Å². The standard InChI is InChI=1S/C27H24FN5O2S.2ClH/c28-20-7-3-18(4-8-20)26(35)33(22-11-12-23-19(14-22)2-1-13-30-23)15-25(34)31-21-9-5-17(6-10-21)24-16-36-27(29)32-24;;/h3-12,14,16,30H,1-2,13,15H2,(H2,29,32)(H,31,34);2*1H. The molecule has 38 heavy (non-hydrogen) atoms. The van der Waals surface area contributed by atoms with Crippen LogP contribution in [0.25, 0.3) is 11.3 Å². The number of nitrogens with zero attached hydrogens (tertiary/aromatic N) is 2. The van der Waals surface area contributed by atoms with Crippen molar-refractivity contribution in [2.45, 2.75) is 12.8 Å². The monoisotopic (exact) mass is 573 g/mol. The molecule has 1 aliphatic heterocycles. The molecule has 0 radical (unpaired) electrons. The van der Waals surface area contributed by atoms with E-state index in [-0.39, 0.29) is 43.2 Å². The average molecular weight is 575 g/mol. The molecule has 0 spiro atoms. The Morgan fingerprint density at radius 2 is 1.79 bits per heavy atom. The van der Waals surface area contributed by atoms with E-state index in [9.17, 15) is 14.0 Å². The van der Waals surface area contributed by atoms with Crippen molar-refractivity contribution < 1.29 is 14.0 Å². The first-order valence-corrected chi connectivity index (χ1v) is 12.4. The van der Waals surface area contributed by atoms with Crippen molar-refractivity contribution in [3.63, 3.8) is 0 Å². The van der Waals surface area contributed by atoms with Gasteiger partial charge in [-0.3, -0.25) is 14.5 Å². The van der Waals surface area contributed by atoms with E-state index in [4.69, 9.17) is 5.73 Å². The minimum absolute atomic E-state index is 0. The van der Waals surface area contributed by atoms with Crippen molar-refractivity contribution in [3.05, 3.63) is 89.1 Å². The van der Waals surface area contributed by atoms with E-state index in [2.05, 4.69) is 15.6 Å². The Bertz CT molecular complexity index is 1410. The lowest BCUT2D eigenvalue weighted by Crippen LogP contribution is -2.38. The number of halogens is 3. The number of anilines is 4. The minimum Gasteiger partial charge on any atom is -0.385 e. The molecule has 5 rings (SSSR count). The van der Waals surface area contributed by atoms with Gasteiger partial charge in [-0.25, -0.2) is 9.37 Å². The van der Waals surface area contributed by atoms with E-state index >= 15 is 0 Å². The zero-order valence-electron chi connectivity index (χ0n) is 20.1. The number of hydrogen-bond acceptors (Lipinski definition) is 6. The number of rotatable bonds is 6. The van der Waals surface area contributed by atoms with Crippen LogP contribution in [0.4, 0.5) is 26.6 Å². The smallest absolute Gasteiger partial charge is 0.258 e. The number of hydrogen-bond donors (Lipinski definition) is 3. The second-order valence-electron chi connectivity index (χ2n) is 8.47. The van der Waals surface area contributed by atoms with Crippen LogP contribution in [0.5, 0.6) is 0 Å². The number of thiazole rings is 1. The number of carbonyl (C=O) groups excluding carboxylic acids is 2. The summed E-state index contributed by atoms with van der Waals surface area (Å²) in [6, 6.07) is 18.3. The first-order chi connectivity index (χ1) is 17.5. The molecule has 7 nitrogen and oxygen atoms in total. The summed E-state index contributed by atoms with van der Waals surface area (Å²) in [7, 11) is 0. The summed E-state index contributed by atoms with van der Waals surface area (Å²) >= 11 is 1.36. The summed E-state index contributed by atoms with van der Waals surface area (Å²) in [6.07, 6.45) is 1.88. The van der Waals surface area contributed by atoms with Gasteiger partial charge >= 0.3 is 0 Å². The summed E-state index contributed by atoms with van der Waals surface area (Å²) in [5.74, 6) is -1.17. The van der Waals surface area contributed by atoms with Crippen LogP contribution in [0, 0.1) is 5.82 Å². The number of nitrogens with one attached hydrogen (secondary N) is 2. The SMILES string of the molecule is Cl.Cl.Nc1nc(-c2ccc(NC(=O)CN(C(=O)c3ccc(F)cc3)c3ccc4c(c3)CCCN4)cc2)cs1. The topological polar surface area (TPSA) is 100 Å². The van der Waals surface area contributed by atoms with Gasteiger partial charge in [-0.15, -0.1) is 36.2 Å². The summed E-state index contributed by atoms with van der Waals surface area (Å²) in [5.41, 5.74) is 11.0. The van der Waals surface area contributed by atoms with Gasteiger partial charge in [0.2, 0.25) is 5.91 Å². The van der Waals surface area contributed by atoms with E-state index in [1.54, 1.807) is 12.1 Å². The zero-order valence-corrected chi connectivity index (χ0v) is 22.6. The molecule has 4 N–H and O–H groups in total. The third-order valence-corrected chi connectivity index (χ3v) is 6.64. The first-order valence-electron chi connectivity index (χ1n) is 11.5. The predicted molar refractivity (Wildman–Crippen MR) is 156 cm³/mol. The second kappa shape index (κ2) is 12.7. The lowest BCUT2D eigenvalue weighted by atomic mass is 10.0. The number of nitrogen functional groups attached to an aromatic ring is 1. The van der Waals surface area contributed by atoms with Crippen molar-refractivity contribution in [2.75, 3.05) is 34.4 Å². The molecule has 4 aromatic rings. The maximum absolute atomic E-state index is 13.4. The molecule has 198 valence electrons. The van der Waals surface area contributed by atoms with Gasteiger partial charge in [0.05, 0.1) is 5.69 Å². The Hall–Kier alpha value is -3.66. The van der Waals surface area contributed by atoms with Crippen LogP contribution >= 0.6 is 36.2 Å². The Balaban J connectivity index is 0.00000200. The Kier molecular flexibility index (Phi) is 9.68. The maximum atomic E-state index is 13.4. The van der Waals surface area contributed by atoms with E-state index in [0.29, 0.717) is 22.1 Å². The lowest BCUT2D eigenvalue weighted by Gasteiger charge is -2.25. The van der Waals surface area contributed by atoms with Gasteiger partial charge < -0.3 is 16.4 Å². The van der Waals surface area contributed by atoms with E-state index in [1.165, 1.54) is 40.5 Å². The van der Waals surface area contributed by atoms with E-state index in [1.807, 2.05) is 35.7 Å². The summed E-state index contributed by atoms with van der Waals surface area (Å²) in [5, 5.41) is 8.57. The molecule has 0 fully saturated rings. The summed E-state index contributed by atoms with van der Waals surface area (Å²) in [6.45, 7) is 0.703. The number of aryl methyl sites for hydroxylation is 1. The van der Waals surface area contributed by atoms with Crippen molar-refractivity contribution in [1.82, 2.24) is 4.98 Å². The number of benzene rings is 3. The molecule has 0 saturated carbocycles. The fourth-order valence-electron chi connectivity index (χ4n) is 4.15. The van der Waals surface area contributed by atoms with Gasteiger partial charge in [0.1, 0.15) is 12.4 Å². The fourth-order valence-corrected chi connectivity index (χ4v) is 4.72. The molecule has 1 aromatic heterocycles. The highest BCUT2D eigenvalue weighted by Gasteiger charge is 2.22. The third-order valence-electron chi connectivity index (χ3n) is 5.96. The highest BCUT2D eigenvalue weighted by Crippen LogP contribution is 2.28. The molecule has 2 amide bonds. The maximum Gasteiger partial charge on any atom is 0.258 e. The summed E-state index contributed by atoms with van der Waals surface area (Å²) in [4.78, 5) is 32.1. The molecule has 3 aromatic carbocycles. The number of nitrogens with two attached hydrogens (primary N) is 1. The zero-order chi connectivity index (χ0) is 25.1. The lowest BCUT2D eigenvalue weighted by molar-refractivity contribution is -0.114. The molecular formula is C27H26Cl2FN5O2S. The van der Waals surface area contributed by atoms with E-state index in [0.717, 1.165) is 41.9 Å². The minimum atomic E-state index is -0.431. The van der Waals surface area contributed by atoms with Gasteiger partial charge in [0.15, 0.2) is 5.13 Å². The quantitative estimate of drug-likeness (QED) is 0.262. The van der Waals surface area contributed by atoms with Gasteiger partial charge in [0, 0.05) is 40.1 Å². The van der Waals surface area contributed by atoms with Crippen molar-refractivity contribution in [2.24, 2.45) is 0 Å². The van der Waals surface area contributed by atoms with Gasteiger partial charge in [-0.05, 0) is 73.0 Å². The van der Waals surface area contributed by atoms with Gasteiger partial charge in [-0.2, -0.15) is 0 Å². The molecule has 0 aliphatic carbocycles. The fraction of sp³-hybridized carbons (Fsp3) is 0.148. The van der Waals surface area contributed by atoms with Crippen LogP contribution in [-0.4, -0.2) is 29.9 Å². The van der Waals surface area contributed by atoms with Crippen LogP contribution in [-0.2, 0) is 11.2 Å². The molecule has 0 unspecified atom stereocenters. The Labute approximate surface area is 236 Å². The average Bonchev–Trinajstić information content (AvgIpc) is 3.33. The Morgan fingerprint density at radius 1 is 1.05 bits per heavy atom. The van der Waals surface area contributed by atoms with Gasteiger partial charge in [-0.1, -0.05) is 12.1 Å². The van der Waals surface area contributed by atoms with Crippen LogP contribution in [0.1, 0.15) is 22.3 Å². The van der Waals surface area contributed by atoms with Crippen molar-refractivity contribution in [1.29, 1.82) is 0 Å². The number of aromatic nitrogens is 1. The molecule has 0 bridgehead atoms. The van der Waals surface area contributed by atoms with Crippen LogP contribution in [0.15, 0.2) is 72.1 Å². The molecule has 11 heteroatoms. The van der Waals surface area contributed by atoms with E-state index < -0.39 is 5.82 Å². The molecule has 0 atom stereocenters. The van der Waals surface area contributed by atoms with Crippen LogP contribution in [0.2, 0.25) is 0 Å². The highest BCUT2D eigenvalue weighted by atomic mass is 35.5. The van der Waals surface area contributed by atoms with Crippen LogP contribution < -0.4 is 21.3 Å².